The number of carbonyl (C=O) groups is 2. The summed E-state index contributed by atoms with van der Waals surface area (Å²) in [6.07, 6.45) is 8.76. The van der Waals surface area contributed by atoms with Crippen LogP contribution < -0.4 is 0 Å². The van der Waals surface area contributed by atoms with E-state index in [9.17, 15) is 9.59 Å². The maximum absolute atomic E-state index is 12.8. The van der Waals surface area contributed by atoms with Crippen LogP contribution in [0, 0.1) is 5.92 Å². The van der Waals surface area contributed by atoms with Gasteiger partial charge in [-0.25, -0.2) is 0 Å². The molecule has 2 aromatic heterocycles. The highest BCUT2D eigenvalue weighted by Crippen LogP contribution is 2.33. The Kier molecular flexibility index (Phi) is 4.55. The maximum Gasteiger partial charge on any atom is 0.255 e. The Labute approximate surface area is 151 Å². The Balaban J connectivity index is 1.46. The lowest BCUT2D eigenvalue weighted by molar-refractivity contribution is 0.0704. The van der Waals surface area contributed by atoms with E-state index in [1.54, 1.807) is 12.1 Å². The van der Waals surface area contributed by atoms with Gasteiger partial charge in [-0.05, 0) is 37.3 Å². The van der Waals surface area contributed by atoms with Crippen molar-refractivity contribution in [3.8, 4) is 0 Å². The average molecular weight is 352 g/mol. The SMILES string of the molecule is O=C(c1ccnnc1)N1CCC2CCN(C(=O)c3ccnnc3)C2CC1. The molecule has 0 N–H and O–H groups in total. The molecule has 0 spiro atoms. The van der Waals surface area contributed by atoms with Crippen molar-refractivity contribution >= 4 is 11.8 Å². The van der Waals surface area contributed by atoms with E-state index in [-0.39, 0.29) is 17.9 Å². The van der Waals surface area contributed by atoms with E-state index < -0.39 is 0 Å². The van der Waals surface area contributed by atoms with E-state index in [4.69, 9.17) is 0 Å². The van der Waals surface area contributed by atoms with Gasteiger partial charge >= 0.3 is 0 Å². The summed E-state index contributed by atoms with van der Waals surface area (Å²) in [4.78, 5) is 29.3. The van der Waals surface area contributed by atoms with Crippen LogP contribution in [0.4, 0.5) is 0 Å². The zero-order chi connectivity index (χ0) is 17.9. The van der Waals surface area contributed by atoms with E-state index in [1.807, 2.05) is 9.80 Å². The molecule has 2 atom stereocenters. The minimum atomic E-state index is -0.0175. The highest BCUT2D eigenvalue weighted by molar-refractivity contribution is 5.94. The molecule has 2 unspecified atom stereocenters. The van der Waals surface area contributed by atoms with Crippen molar-refractivity contribution in [3.05, 3.63) is 48.0 Å². The van der Waals surface area contributed by atoms with Gasteiger partial charge in [-0.2, -0.15) is 20.4 Å². The number of carbonyl (C=O) groups excluding carboxylic acids is 2. The second-order valence-corrected chi connectivity index (χ2v) is 6.75. The number of rotatable bonds is 2. The number of amides is 2. The first-order chi connectivity index (χ1) is 12.7. The second kappa shape index (κ2) is 7.15. The first kappa shape index (κ1) is 16.6. The number of fused-ring (bicyclic) bond motifs is 1. The standard InChI is InChI=1S/C18H20N6O2/c25-17(14-1-6-19-21-11-14)23-8-3-13-4-10-24(16(13)5-9-23)18(26)15-2-7-20-22-12-15/h1-2,6-7,11-13,16H,3-5,8-10H2. The van der Waals surface area contributed by atoms with E-state index in [0.29, 0.717) is 30.1 Å². The molecule has 4 rings (SSSR count). The molecule has 2 amide bonds. The summed E-state index contributed by atoms with van der Waals surface area (Å²) in [5.41, 5.74) is 1.13. The summed E-state index contributed by atoms with van der Waals surface area (Å²) in [5.74, 6) is 0.420. The molecule has 0 aliphatic carbocycles. The van der Waals surface area contributed by atoms with Crippen LogP contribution in [-0.4, -0.2) is 67.7 Å². The van der Waals surface area contributed by atoms with Gasteiger partial charge in [0.2, 0.25) is 0 Å². The number of hydrogen-bond donors (Lipinski definition) is 0. The van der Waals surface area contributed by atoms with Gasteiger partial charge in [0.25, 0.3) is 11.8 Å². The molecule has 2 fully saturated rings. The van der Waals surface area contributed by atoms with Crippen molar-refractivity contribution in [3.63, 3.8) is 0 Å². The van der Waals surface area contributed by atoms with E-state index in [0.717, 1.165) is 25.8 Å². The lowest BCUT2D eigenvalue weighted by Gasteiger charge is -2.27. The molecule has 0 aromatic carbocycles. The van der Waals surface area contributed by atoms with Gasteiger partial charge in [-0.15, -0.1) is 0 Å². The molecule has 2 aliphatic rings. The predicted octanol–water partition coefficient (Wildman–Crippen LogP) is 1.03. The fourth-order valence-corrected chi connectivity index (χ4v) is 4.01. The Morgan fingerprint density at radius 1 is 0.808 bits per heavy atom. The molecule has 0 radical (unpaired) electrons. The zero-order valence-corrected chi connectivity index (χ0v) is 14.4. The predicted molar refractivity (Wildman–Crippen MR) is 92.1 cm³/mol. The zero-order valence-electron chi connectivity index (χ0n) is 14.4. The molecule has 2 saturated heterocycles. The molecule has 8 nitrogen and oxygen atoms in total. The molecule has 0 bridgehead atoms. The molecule has 0 saturated carbocycles. The summed E-state index contributed by atoms with van der Waals surface area (Å²) in [6, 6.07) is 3.56. The van der Waals surface area contributed by atoms with Crippen LogP contribution in [-0.2, 0) is 0 Å². The van der Waals surface area contributed by atoms with Crippen LogP contribution in [0.2, 0.25) is 0 Å². The third-order valence-electron chi connectivity index (χ3n) is 5.36. The third kappa shape index (κ3) is 3.14. The lowest BCUT2D eigenvalue weighted by Crippen LogP contribution is -2.39. The highest BCUT2D eigenvalue weighted by Gasteiger charge is 2.39. The fraction of sp³-hybridized carbons (Fsp3) is 0.444. The number of nitrogens with zero attached hydrogens (tertiary/aromatic N) is 6. The van der Waals surface area contributed by atoms with Gasteiger partial charge in [0.1, 0.15) is 0 Å². The monoisotopic (exact) mass is 352 g/mol. The maximum atomic E-state index is 12.8. The Hall–Kier alpha value is -2.90. The van der Waals surface area contributed by atoms with Gasteiger partial charge in [0.15, 0.2) is 0 Å². The van der Waals surface area contributed by atoms with Crippen LogP contribution in [0.3, 0.4) is 0 Å². The van der Waals surface area contributed by atoms with Crippen molar-refractivity contribution in [1.82, 2.24) is 30.2 Å². The van der Waals surface area contributed by atoms with Gasteiger partial charge in [-0.3, -0.25) is 9.59 Å². The first-order valence-corrected chi connectivity index (χ1v) is 8.87. The summed E-state index contributed by atoms with van der Waals surface area (Å²) < 4.78 is 0. The summed E-state index contributed by atoms with van der Waals surface area (Å²) in [7, 11) is 0. The van der Waals surface area contributed by atoms with Crippen LogP contribution >= 0.6 is 0 Å². The molecule has 26 heavy (non-hydrogen) atoms. The smallest absolute Gasteiger partial charge is 0.255 e. The lowest BCUT2D eigenvalue weighted by atomic mass is 9.95. The van der Waals surface area contributed by atoms with Gasteiger partial charge < -0.3 is 9.80 Å². The molecule has 2 aliphatic heterocycles. The van der Waals surface area contributed by atoms with E-state index >= 15 is 0 Å². The largest absolute Gasteiger partial charge is 0.339 e. The summed E-state index contributed by atoms with van der Waals surface area (Å²) >= 11 is 0. The third-order valence-corrected chi connectivity index (χ3v) is 5.36. The van der Waals surface area contributed by atoms with E-state index in [1.165, 1.54) is 24.8 Å². The summed E-state index contributed by atoms with van der Waals surface area (Å²) in [5, 5.41) is 15.1. The number of hydrogen-bond acceptors (Lipinski definition) is 6. The van der Waals surface area contributed by atoms with Crippen molar-refractivity contribution in [2.24, 2.45) is 5.92 Å². The topological polar surface area (TPSA) is 92.2 Å². The van der Waals surface area contributed by atoms with Crippen molar-refractivity contribution in [2.75, 3.05) is 19.6 Å². The highest BCUT2D eigenvalue weighted by atomic mass is 16.2. The minimum absolute atomic E-state index is 0.00510. The Morgan fingerprint density at radius 3 is 2.08 bits per heavy atom. The first-order valence-electron chi connectivity index (χ1n) is 8.87. The average Bonchev–Trinajstić information content (AvgIpc) is 2.99. The fourth-order valence-electron chi connectivity index (χ4n) is 4.01. The van der Waals surface area contributed by atoms with Crippen LogP contribution in [0.15, 0.2) is 36.9 Å². The van der Waals surface area contributed by atoms with Crippen LogP contribution in [0.5, 0.6) is 0 Å². The van der Waals surface area contributed by atoms with Gasteiger partial charge in [0, 0.05) is 25.7 Å². The second-order valence-electron chi connectivity index (χ2n) is 6.75. The van der Waals surface area contributed by atoms with Crippen molar-refractivity contribution in [2.45, 2.75) is 25.3 Å². The van der Waals surface area contributed by atoms with Crippen molar-refractivity contribution in [1.29, 1.82) is 0 Å². The molecule has 134 valence electrons. The van der Waals surface area contributed by atoms with Gasteiger partial charge in [-0.1, -0.05) is 0 Å². The van der Waals surface area contributed by atoms with Gasteiger partial charge in [0.05, 0.1) is 35.9 Å². The molecular weight excluding hydrogens is 332 g/mol. The quantitative estimate of drug-likeness (QED) is 0.802. The molecule has 4 heterocycles. The minimum Gasteiger partial charge on any atom is -0.339 e. The Bertz CT molecular complexity index is 785. The van der Waals surface area contributed by atoms with Crippen LogP contribution in [0.25, 0.3) is 0 Å². The Morgan fingerprint density at radius 2 is 1.42 bits per heavy atom. The molecule has 8 heteroatoms. The van der Waals surface area contributed by atoms with E-state index in [2.05, 4.69) is 20.4 Å². The summed E-state index contributed by atoms with van der Waals surface area (Å²) in [6.45, 7) is 2.11. The van der Waals surface area contributed by atoms with Crippen molar-refractivity contribution < 1.29 is 9.59 Å². The molecule has 2 aromatic rings. The normalized spacial score (nSPS) is 22.6. The number of aromatic nitrogens is 4. The molecular formula is C18H20N6O2. The number of likely N-dealkylation sites (tertiary alicyclic amines) is 2. The van der Waals surface area contributed by atoms with Crippen LogP contribution in [0.1, 0.15) is 40.0 Å².